The summed E-state index contributed by atoms with van der Waals surface area (Å²) in [6.45, 7) is 30.7. The molecule has 0 bridgehead atoms. The van der Waals surface area contributed by atoms with E-state index in [9.17, 15) is 0 Å². The second-order valence-corrected chi connectivity index (χ2v) is 29.7. The summed E-state index contributed by atoms with van der Waals surface area (Å²) in [5, 5.41) is 0. The van der Waals surface area contributed by atoms with Gasteiger partial charge in [0.05, 0.1) is 9.79 Å². The van der Waals surface area contributed by atoms with Gasteiger partial charge in [0.15, 0.2) is 0 Å². The van der Waals surface area contributed by atoms with Gasteiger partial charge in [0.2, 0.25) is 0 Å². The van der Waals surface area contributed by atoms with Crippen molar-refractivity contribution in [2.75, 3.05) is 6.54 Å². The molecular weight excluding hydrogens is 1000 g/mol. The highest BCUT2D eigenvalue weighted by atomic mass is 32.2. The maximum Gasteiger partial charge on any atom is 0.399 e. The number of sulfonamides is 2. The van der Waals surface area contributed by atoms with Crippen LogP contribution in [0.2, 0.25) is 0 Å². The number of benzene rings is 6. The lowest BCUT2D eigenvalue weighted by atomic mass is 9.63. The number of hydrogen-bond acceptors (Lipinski definition) is 8. The highest BCUT2D eigenvalue weighted by Gasteiger charge is 2.54. The molecule has 0 saturated heterocycles. The van der Waals surface area contributed by atoms with Crippen LogP contribution in [0.3, 0.4) is 0 Å². The fourth-order valence-corrected chi connectivity index (χ4v) is 19.8. The molecular formula is C60H72N2O8P2S2. The van der Waals surface area contributed by atoms with Crippen molar-refractivity contribution < 1.29 is 34.9 Å². The summed E-state index contributed by atoms with van der Waals surface area (Å²) in [6, 6.07) is 29.9. The molecule has 1 aliphatic carbocycles. The lowest BCUT2D eigenvalue weighted by Gasteiger charge is -2.51. The van der Waals surface area contributed by atoms with E-state index in [0.29, 0.717) is 35.8 Å². The van der Waals surface area contributed by atoms with Crippen LogP contribution in [-0.4, -0.2) is 37.6 Å². The Hall–Kier alpha value is -4.80. The molecule has 0 N–H and O–H groups in total. The summed E-state index contributed by atoms with van der Waals surface area (Å²) in [5.41, 5.74) is 12.1. The Kier molecular flexibility index (Phi) is 14.6. The normalized spacial score (nSPS) is 22.5. The van der Waals surface area contributed by atoms with Crippen LogP contribution in [0, 0.1) is 80.1 Å². The summed E-state index contributed by atoms with van der Waals surface area (Å²) < 4.78 is 95.2. The van der Waals surface area contributed by atoms with Gasteiger partial charge in [-0.2, -0.15) is 0 Å². The minimum absolute atomic E-state index is 0.0527. The van der Waals surface area contributed by atoms with Gasteiger partial charge in [-0.15, -0.1) is 8.15 Å². The Labute approximate surface area is 443 Å². The van der Waals surface area contributed by atoms with Crippen LogP contribution in [0.15, 0.2) is 107 Å². The molecule has 392 valence electrons. The molecule has 3 aliphatic rings. The number of hydrogen-bond donors (Lipinski definition) is 0. The fraction of sp³-hybridized carbons (Fsp3) is 0.400. The van der Waals surface area contributed by atoms with Crippen molar-refractivity contribution in [2.24, 2.45) is 10.8 Å². The lowest BCUT2D eigenvalue weighted by molar-refractivity contribution is 0.0528. The standard InChI is InChI=1S/C60H72N2O8P2S2/c1-36-16-20-49(21-17-36)73(63,64)61(71-67-55-42(7)24-38(3)28-51(55)46(11)52-29-39(4)25-43(8)56(52)68-71)35-60(15)33-48(32-59(13,14)34-60)62(74(65,66)50-22-18-37(2)19-23-50)72-69-57-44(9)26-40(5)30-53(57)47(12)54-31-41(6)27-45(10)58(54)70-72/h16-31,46-48H,32-35H2,1-15H3. The van der Waals surface area contributed by atoms with E-state index in [-0.39, 0.29) is 34.6 Å². The average Bonchev–Trinajstić information content (AvgIpc) is 3.29. The average molecular weight is 1080 g/mol. The van der Waals surface area contributed by atoms with Crippen molar-refractivity contribution in [3.05, 3.63) is 175 Å². The van der Waals surface area contributed by atoms with Gasteiger partial charge in [0.1, 0.15) is 23.0 Å². The minimum atomic E-state index is -4.39. The van der Waals surface area contributed by atoms with E-state index in [2.05, 4.69) is 111 Å². The van der Waals surface area contributed by atoms with Gasteiger partial charge in [-0.05, 0) is 146 Å². The Morgan fingerprint density at radius 2 is 0.811 bits per heavy atom. The first-order chi connectivity index (χ1) is 34.6. The molecule has 9 rings (SSSR count). The molecule has 6 aromatic carbocycles. The van der Waals surface area contributed by atoms with Gasteiger partial charge in [-0.3, -0.25) is 0 Å². The van der Waals surface area contributed by atoms with Crippen LogP contribution < -0.4 is 18.1 Å². The van der Waals surface area contributed by atoms with Crippen molar-refractivity contribution in [1.82, 2.24) is 8.15 Å². The second-order valence-electron chi connectivity index (χ2n) is 22.9. The molecule has 0 amide bonds. The molecule has 0 spiro atoms. The maximum absolute atomic E-state index is 16.0. The van der Waals surface area contributed by atoms with E-state index in [0.717, 1.165) is 77.9 Å². The predicted octanol–water partition coefficient (Wildman–Crippen LogP) is 15.7. The van der Waals surface area contributed by atoms with Gasteiger partial charge < -0.3 is 18.1 Å². The molecule has 2 aliphatic heterocycles. The molecule has 2 heterocycles. The Morgan fingerprint density at radius 3 is 1.18 bits per heavy atom. The molecule has 14 heteroatoms. The van der Waals surface area contributed by atoms with Gasteiger partial charge in [0.25, 0.3) is 20.0 Å². The molecule has 0 radical (unpaired) electrons. The van der Waals surface area contributed by atoms with Crippen LogP contribution in [0.4, 0.5) is 0 Å². The van der Waals surface area contributed by atoms with Crippen molar-refractivity contribution in [2.45, 2.75) is 151 Å². The molecule has 2 atom stereocenters. The monoisotopic (exact) mass is 1070 g/mol. The molecule has 2 unspecified atom stereocenters. The van der Waals surface area contributed by atoms with Crippen LogP contribution in [-0.2, 0) is 20.0 Å². The third-order valence-corrected chi connectivity index (χ3v) is 22.9. The Morgan fingerprint density at radius 1 is 0.473 bits per heavy atom. The van der Waals surface area contributed by atoms with Crippen molar-refractivity contribution in [1.29, 1.82) is 0 Å². The molecule has 1 saturated carbocycles. The first-order valence-electron chi connectivity index (χ1n) is 25.6. The largest absolute Gasteiger partial charge is 0.426 e. The van der Waals surface area contributed by atoms with Crippen molar-refractivity contribution in [3.8, 4) is 23.0 Å². The minimum Gasteiger partial charge on any atom is -0.426 e. The van der Waals surface area contributed by atoms with Crippen molar-refractivity contribution >= 4 is 37.1 Å². The van der Waals surface area contributed by atoms with Crippen molar-refractivity contribution in [3.63, 3.8) is 0 Å². The van der Waals surface area contributed by atoms with E-state index in [4.69, 9.17) is 18.1 Å². The lowest BCUT2D eigenvalue weighted by Crippen LogP contribution is -2.51. The zero-order valence-electron chi connectivity index (χ0n) is 45.7. The van der Waals surface area contributed by atoms with Gasteiger partial charge >= 0.3 is 17.1 Å². The number of fused-ring (bicyclic) bond motifs is 4. The predicted molar refractivity (Wildman–Crippen MR) is 300 cm³/mol. The first-order valence-corrected chi connectivity index (χ1v) is 30.8. The van der Waals surface area contributed by atoms with Gasteiger partial charge in [-0.25, -0.2) is 16.8 Å². The van der Waals surface area contributed by atoms with E-state index >= 15 is 16.8 Å². The van der Waals surface area contributed by atoms with E-state index in [1.807, 2.05) is 53.7 Å². The number of aryl methyl sites for hydroxylation is 10. The van der Waals surface area contributed by atoms with E-state index in [1.54, 1.807) is 36.4 Å². The molecule has 74 heavy (non-hydrogen) atoms. The third-order valence-electron chi connectivity index (χ3n) is 15.1. The summed E-state index contributed by atoms with van der Waals surface area (Å²) in [5.74, 6) is 2.14. The second kappa shape index (κ2) is 20.0. The summed E-state index contributed by atoms with van der Waals surface area (Å²) in [6.07, 6.45) is 1.25. The van der Waals surface area contributed by atoms with E-state index < -0.39 is 54.0 Å². The van der Waals surface area contributed by atoms with Crippen LogP contribution in [0.1, 0.15) is 144 Å². The first kappa shape index (κ1) is 54.0. The molecule has 6 aromatic rings. The Bertz CT molecular complexity index is 3280. The van der Waals surface area contributed by atoms with Gasteiger partial charge in [-0.1, -0.05) is 141 Å². The third kappa shape index (κ3) is 10.4. The molecule has 1 fully saturated rings. The zero-order chi connectivity index (χ0) is 53.6. The van der Waals surface area contributed by atoms with E-state index in [1.165, 1.54) is 8.15 Å². The number of rotatable bonds is 9. The molecule has 0 aromatic heterocycles. The SMILES string of the molecule is Cc1ccc(S(=O)(=O)N(CC2(C)CC(N(P3Oc4c(C)cc(C)cc4C(C)c4cc(C)cc(C)c4O3)S(=O)(=O)c3ccc(C)cc3)CC(C)(C)C2)P2Oc3c(C)cc(C)cc3C(C)c3cc(C)cc(C)c3O2)cc1. The number of nitrogens with zero attached hydrogens (tertiary/aromatic N) is 2. The topological polar surface area (TPSA) is 112 Å². The zero-order valence-corrected chi connectivity index (χ0v) is 49.1. The highest BCUT2D eigenvalue weighted by Crippen LogP contribution is 2.61. The smallest absolute Gasteiger partial charge is 0.399 e. The Balaban J connectivity index is 1.23. The summed E-state index contributed by atoms with van der Waals surface area (Å²) in [4.78, 5) is 0.224. The summed E-state index contributed by atoms with van der Waals surface area (Å²) in [7, 11) is -13.7. The molecule has 10 nitrogen and oxygen atoms in total. The van der Waals surface area contributed by atoms with Gasteiger partial charge in [0, 0.05) is 46.7 Å². The maximum atomic E-state index is 16.0. The van der Waals surface area contributed by atoms with Crippen LogP contribution in [0.25, 0.3) is 0 Å². The van der Waals surface area contributed by atoms with Crippen LogP contribution in [0.5, 0.6) is 23.0 Å². The highest BCUT2D eigenvalue weighted by molar-refractivity contribution is 7.94. The summed E-state index contributed by atoms with van der Waals surface area (Å²) >= 11 is 0. The van der Waals surface area contributed by atoms with Crippen LogP contribution >= 0.6 is 17.1 Å². The quantitative estimate of drug-likeness (QED) is 0.132. The fourth-order valence-electron chi connectivity index (χ4n) is 12.1.